The average molecular weight is 377 g/mol. The molecule has 6 nitrogen and oxygen atoms in total. The summed E-state index contributed by atoms with van der Waals surface area (Å²) in [6.07, 6.45) is 1.56. The fraction of sp³-hybridized carbons (Fsp3) is 0.562. The molecule has 0 aromatic heterocycles. The van der Waals surface area contributed by atoms with Crippen molar-refractivity contribution in [2.24, 2.45) is 0 Å². The van der Waals surface area contributed by atoms with Crippen LogP contribution in [-0.2, 0) is 10.0 Å². The van der Waals surface area contributed by atoms with Gasteiger partial charge in [-0.2, -0.15) is 0 Å². The number of halogens is 1. The van der Waals surface area contributed by atoms with Gasteiger partial charge in [-0.1, -0.05) is 25.4 Å². The van der Waals surface area contributed by atoms with E-state index in [0.29, 0.717) is 6.42 Å². The molecule has 0 spiro atoms. The maximum Gasteiger partial charge on any atom is 0.335 e. The van der Waals surface area contributed by atoms with Crippen molar-refractivity contribution in [3.63, 3.8) is 0 Å². The standard InChI is InChI=1S/C16H25ClN2O4S/c1-4-19(5-2)10-6-7-12(3)18-24(22,23)15-11-13(16(20)21)8-9-14(15)17/h8-9,11-12,18H,4-7,10H2,1-3H3,(H,20,21)/t12-/m0/s1. The van der Waals surface area contributed by atoms with E-state index >= 15 is 0 Å². The lowest BCUT2D eigenvalue weighted by molar-refractivity contribution is 0.0696. The zero-order valence-electron chi connectivity index (χ0n) is 14.3. The minimum atomic E-state index is -3.87. The van der Waals surface area contributed by atoms with Crippen LogP contribution >= 0.6 is 11.6 Å². The molecule has 0 aliphatic heterocycles. The van der Waals surface area contributed by atoms with Crippen molar-refractivity contribution in [1.29, 1.82) is 0 Å². The third kappa shape index (κ3) is 6.05. The summed E-state index contributed by atoms with van der Waals surface area (Å²) in [5, 5.41) is 9.00. The normalized spacial score (nSPS) is 13.2. The number of carboxylic acid groups (broad SMARTS) is 1. The van der Waals surface area contributed by atoms with Gasteiger partial charge in [0, 0.05) is 6.04 Å². The quantitative estimate of drug-likeness (QED) is 0.655. The summed E-state index contributed by atoms with van der Waals surface area (Å²) in [5.41, 5.74) is -0.117. The number of hydrogen-bond donors (Lipinski definition) is 2. The molecule has 24 heavy (non-hydrogen) atoms. The Bertz CT molecular complexity index is 660. The monoisotopic (exact) mass is 376 g/mol. The number of nitrogens with zero attached hydrogens (tertiary/aromatic N) is 1. The molecule has 2 N–H and O–H groups in total. The maximum atomic E-state index is 12.4. The average Bonchev–Trinajstić information content (AvgIpc) is 2.51. The van der Waals surface area contributed by atoms with Crippen LogP contribution in [0.2, 0.25) is 5.02 Å². The number of sulfonamides is 1. The first-order valence-corrected chi connectivity index (χ1v) is 9.84. The number of benzene rings is 1. The summed E-state index contributed by atoms with van der Waals surface area (Å²) in [6.45, 7) is 8.81. The Labute approximate surface area is 148 Å². The van der Waals surface area contributed by atoms with Crippen molar-refractivity contribution in [1.82, 2.24) is 9.62 Å². The van der Waals surface area contributed by atoms with Gasteiger partial charge in [0.15, 0.2) is 0 Å². The van der Waals surface area contributed by atoms with Crippen LogP contribution in [0, 0.1) is 0 Å². The first-order valence-electron chi connectivity index (χ1n) is 7.98. The molecule has 1 aromatic rings. The van der Waals surface area contributed by atoms with E-state index in [-0.39, 0.29) is 21.5 Å². The van der Waals surface area contributed by atoms with Crippen molar-refractivity contribution in [3.8, 4) is 0 Å². The van der Waals surface area contributed by atoms with Crippen molar-refractivity contribution in [2.75, 3.05) is 19.6 Å². The molecule has 136 valence electrons. The lowest BCUT2D eigenvalue weighted by atomic mass is 10.2. The molecule has 0 radical (unpaired) electrons. The molecule has 8 heteroatoms. The zero-order valence-corrected chi connectivity index (χ0v) is 15.8. The molecule has 0 amide bonds. The predicted octanol–water partition coefficient (Wildman–Crippen LogP) is 2.83. The number of aromatic carboxylic acids is 1. The van der Waals surface area contributed by atoms with Crippen molar-refractivity contribution in [2.45, 2.75) is 44.6 Å². The third-order valence-electron chi connectivity index (χ3n) is 3.83. The van der Waals surface area contributed by atoms with E-state index in [9.17, 15) is 13.2 Å². The molecule has 0 saturated heterocycles. The molecule has 1 aromatic carbocycles. The van der Waals surface area contributed by atoms with Crippen molar-refractivity contribution >= 4 is 27.6 Å². The molecule has 0 heterocycles. The van der Waals surface area contributed by atoms with Crippen LogP contribution in [0.3, 0.4) is 0 Å². The zero-order chi connectivity index (χ0) is 18.3. The van der Waals surface area contributed by atoms with E-state index < -0.39 is 16.0 Å². The Balaban J connectivity index is 2.75. The smallest absolute Gasteiger partial charge is 0.335 e. The molecule has 0 saturated carbocycles. The van der Waals surface area contributed by atoms with Crippen molar-refractivity contribution < 1.29 is 18.3 Å². The molecule has 1 rings (SSSR count). The first-order chi connectivity index (χ1) is 11.2. The maximum absolute atomic E-state index is 12.4. The lowest BCUT2D eigenvalue weighted by Gasteiger charge is -2.20. The third-order valence-corrected chi connectivity index (χ3v) is 5.90. The Morgan fingerprint density at radius 3 is 2.50 bits per heavy atom. The molecule has 0 bridgehead atoms. The number of carboxylic acids is 1. The summed E-state index contributed by atoms with van der Waals surface area (Å²) >= 11 is 5.93. The summed E-state index contributed by atoms with van der Waals surface area (Å²) in [4.78, 5) is 13.1. The summed E-state index contributed by atoms with van der Waals surface area (Å²) in [5.74, 6) is -1.20. The molecule has 1 atom stereocenters. The van der Waals surface area contributed by atoms with Gasteiger partial charge < -0.3 is 10.0 Å². The van der Waals surface area contributed by atoms with E-state index in [1.165, 1.54) is 12.1 Å². The highest BCUT2D eigenvalue weighted by molar-refractivity contribution is 7.89. The molecular weight excluding hydrogens is 352 g/mol. The Kier molecular flexibility index (Phi) is 8.15. The van der Waals surface area contributed by atoms with Crippen LogP contribution in [0.25, 0.3) is 0 Å². The number of hydrogen-bond acceptors (Lipinski definition) is 4. The molecule has 0 unspecified atom stereocenters. The van der Waals surface area contributed by atoms with Gasteiger partial charge in [-0.15, -0.1) is 0 Å². The highest BCUT2D eigenvalue weighted by Gasteiger charge is 2.22. The van der Waals surface area contributed by atoms with Gasteiger partial charge >= 0.3 is 5.97 Å². The SMILES string of the molecule is CCN(CC)CCC[C@H](C)NS(=O)(=O)c1cc(C(=O)O)ccc1Cl. The van der Waals surface area contributed by atoms with E-state index in [4.69, 9.17) is 16.7 Å². The van der Waals surface area contributed by atoms with Gasteiger partial charge in [-0.05, 0) is 57.6 Å². The minimum Gasteiger partial charge on any atom is -0.478 e. The van der Waals surface area contributed by atoms with Crippen LogP contribution in [0.4, 0.5) is 0 Å². The minimum absolute atomic E-state index is 0.00263. The van der Waals surface area contributed by atoms with Crippen LogP contribution in [0.5, 0.6) is 0 Å². The predicted molar refractivity (Wildman–Crippen MR) is 95.2 cm³/mol. The Morgan fingerprint density at radius 1 is 1.33 bits per heavy atom. The van der Waals surface area contributed by atoms with E-state index in [2.05, 4.69) is 23.5 Å². The fourth-order valence-corrected chi connectivity index (χ4v) is 4.19. The molecular formula is C16H25ClN2O4S. The molecule has 0 fully saturated rings. The molecule has 0 aliphatic carbocycles. The fourth-order valence-electron chi connectivity index (χ4n) is 2.39. The lowest BCUT2D eigenvalue weighted by Crippen LogP contribution is -2.34. The highest BCUT2D eigenvalue weighted by Crippen LogP contribution is 2.23. The highest BCUT2D eigenvalue weighted by atomic mass is 35.5. The van der Waals surface area contributed by atoms with E-state index in [1.54, 1.807) is 6.92 Å². The van der Waals surface area contributed by atoms with E-state index in [1.807, 2.05) is 0 Å². The second-order valence-corrected chi connectivity index (χ2v) is 7.73. The van der Waals surface area contributed by atoms with Gasteiger partial charge in [0.05, 0.1) is 10.6 Å². The summed E-state index contributed by atoms with van der Waals surface area (Å²) in [6, 6.07) is 3.37. The number of rotatable bonds is 10. The van der Waals surface area contributed by atoms with Crippen molar-refractivity contribution in [3.05, 3.63) is 28.8 Å². The van der Waals surface area contributed by atoms with Crippen LogP contribution in [0.1, 0.15) is 44.0 Å². The van der Waals surface area contributed by atoms with E-state index in [0.717, 1.165) is 32.1 Å². The van der Waals surface area contributed by atoms with Crippen LogP contribution in [0.15, 0.2) is 23.1 Å². The van der Waals surface area contributed by atoms with Gasteiger partial charge in [0.2, 0.25) is 10.0 Å². The largest absolute Gasteiger partial charge is 0.478 e. The van der Waals surface area contributed by atoms with Crippen LogP contribution in [-0.4, -0.2) is 50.1 Å². The van der Waals surface area contributed by atoms with Gasteiger partial charge in [-0.3, -0.25) is 0 Å². The Hall–Kier alpha value is -1.15. The molecule has 0 aliphatic rings. The summed E-state index contributed by atoms with van der Waals surface area (Å²) < 4.78 is 27.5. The second kappa shape index (κ2) is 9.36. The summed E-state index contributed by atoms with van der Waals surface area (Å²) in [7, 11) is -3.87. The Morgan fingerprint density at radius 2 is 1.96 bits per heavy atom. The number of carbonyl (C=O) groups is 1. The topological polar surface area (TPSA) is 86.7 Å². The second-order valence-electron chi connectivity index (χ2n) is 5.64. The first kappa shape index (κ1) is 20.9. The van der Waals surface area contributed by atoms with Gasteiger partial charge in [-0.25, -0.2) is 17.9 Å². The van der Waals surface area contributed by atoms with Gasteiger partial charge in [0.25, 0.3) is 0 Å². The van der Waals surface area contributed by atoms with Crippen LogP contribution < -0.4 is 4.72 Å². The van der Waals surface area contributed by atoms with Gasteiger partial charge in [0.1, 0.15) is 4.90 Å². The number of nitrogens with one attached hydrogen (secondary N) is 1.